The molecule has 4 nitrogen and oxygen atoms in total. The first-order chi connectivity index (χ1) is 10.1. The topological polar surface area (TPSA) is 38.8 Å². The Labute approximate surface area is 133 Å². The van der Waals surface area contributed by atoms with E-state index >= 15 is 0 Å². The lowest BCUT2D eigenvalue weighted by Crippen LogP contribution is -2.47. The van der Waals surface area contributed by atoms with Gasteiger partial charge in [0.05, 0.1) is 28.9 Å². The van der Waals surface area contributed by atoms with Gasteiger partial charge in [-0.3, -0.25) is 4.79 Å². The fourth-order valence-corrected chi connectivity index (χ4v) is 3.22. The van der Waals surface area contributed by atoms with Crippen LogP contribution < -0.4 is 4.90 Å². The maximum absolute atomic E-state index is 12.9. The summed E-state index contributed by atoms with van der Waals surface area (Å²) in [6.45, 7) is 3.64. The number of rotatable bonds is 3. The van der Waals surface area contributed by atoms with E-state index in [0.29, 0.717) is 41.1 Å². The lowest BCUT2D eigenvalue weighted by Gasteiger charge is -2.32. The van der Waals surface area contributed by atoms with Gasteiger partial charge >= 0.3 is 0 Å². The predicted octanol–water partition coefficient (Wildman–Crippen LogP) is 3.73. The van der Waals surface area contributed by atoms with Crippen molar-refractivity contribution in [2.75, 3.05) is 24.7 Å². The van der Waals surface area contributed by atoms with Crippen molar-refractivity contribution in [3.63, 3.8) is 0 Å². The van der Waals surface area contributed by atoms with Crippen LogP contribution in [0.25, 0.3) is 0 Å². The van der Waals surface area contributed by atoms with Crippen molar-refractivity contribution in [2.24, 2.45) is 0 Å². The van der Waals surface area contributed by atoms with Crippen molar-refractivity contribution < 1.29 is 14.3 Å². The quantitative estimate of drug-likeness (QED) is 0.848. The third-order valence-corrected chi connectivity index (χ3v) is 4.65. The molecule has 1 aromatic carbocycles. The number of hydrogen-bond acceptors (Lipinski definition) is 3. The van der Waals surface area contributed by atoms with E-state index in [-0.39, 0.29) is 5.91 Å². The van der Waals surface area contributed by atoms with E-state index in [2.05, 4.69) is 6.92 Å². The molecule has 1 aromatic rings. The zero-order valence-electron chi connectivity index (χ0n) is 11.8. The summed E-state index contributed by atoms with van der Waals surface area (Å²) in [5.41, 5.74) is 1.29. The highest BCUT2D eigenvalue weighted by molar-refractivity contribution is 6.44. The Hall–Kier alpha value is -0.810. The van der Waals surface area contributed by atoms with E-state index in [1.165, 1.54) is 0 Å². The van der Waals surface area contributed by atoms with E-state index < -0.39 is 5.79 Å². The third-order valence-electron chi connectivity index (χ3n) is 3.85. The van der Waals surface area contributed by atoms with Crippen LogP contribution >= 0.6 is 23.2 Å². The van der Waals surface area contributed by atoms with Crippen molar-refractivity contribution in [3.05, 3.63) is 27.7 Å². The number of anilines is 1. The Morgan fingerprint density at radius 2 is 2.00 bits per heavy atom. The van der Waals surface area contributed by atoms with Crippen molar-refractivity contribution in [2.45, 2.75) is 32.0 Å². The van der Waals surface area contributed by atoms with Gasteiger partial charge in [0.2, 0.25) is 0 Å². The molecule has 2 aliphatic rings. The second-order valence-corrected chi connectivity index (χ2v) is 6.02. The second-order valence-electron chi connectivity index (χ2n) is 5.23. The van der Waals surface area contributed by atoms with E-state index in [1.54, 1.807) is 17.0 Å². The number of carbonyl (C=O) groups excluding carboxylic acids is 1. The number of benzene rings is 1. The minimum absolute atomic E-state index is 0.199. The molecule has 0 saturated carbocycles. The fraction of sp³-hybridized carbons (Fsp3) is 0.533. The van der Waals surface area contributed by atoms with Gasteiger partial charge in [-0.2, -0.15) is 0 Å². The molecule has 3 rings (SSSR count). The van der Waals surface area contributed by atoms with Crippen LogP contribution in [0.1, 0.15) is 31.7 Å². The zero-order valence-corrected chi connectivity index (χ0v) is 13.3. The average molecular weight is 330 g/mol. The van der Waals surface area contributed by atoms with Crippen LogP contribution in [0.5, 0.6) is 0 Å². The Balaban J connectivity index is 2.11. The molecule has 1 fully saturated rings. The molecule has 6 heteroatoms. The SMILES string of the molecule is CCCCN1C(=O)C2(OCCCO2)c2ccc(Cl)c(Cl)c21. The molecular formula is C15H17Cl2NO3. The summed E-state index contributed by atoms with van der Waals surface area (Å²) in [6.07, 6.45) is 2.64. The minimum Gasteiger partial charge on any atom is -0.338 e. The molecule has 0 radical (unpaired) electrons. The molecule has 1 amide bonds. The maximum atomic E-state index is 12.9. The van der Waals surface area contributed by atoms with Crippen LogP contribution in [0, 0.1) is 0 Å². The van der Waals surface area contributed by atoms with Gasteiger partial charge in [-0.25, -0.2) is 0 Å². The van der Waals surface area contributed by atoms with Crippen molar-refractivity contribution in [1.82, 2.24) is 0 Å². The second kappa shape index (κ2) is 5.76. The summed E-state index contributed by atoms with van der Waals surface area (Å²) in [7, 11) is 0. The number of hydrogen-bond donors (Lipinski definition) is 0. The predicted molar refractivity (Wildman–Crippen MR) is 81.9 cm³/mol. The highest BCUT2D eigenvalue weighted by Crippen LogP contribution is 2.50. The minimum atomic E-state index is -1.34. The van der Waals surface area contributed by atoms with E-state index in [0.717, 1.165) is 19.3 Å². The molecule has 114 valence electrons. The van der Waals surface area contributed by atoms with Crippen molar-refractivity contribution in [3.8, 4) is 0 Å². The van der Waals surface area contributed by atoms with Crippen LogP contribution in [0.3, 0.4) is 0 Å². The van der Waals surface area contributed by atoms with Gasteiger partial charge < -0.3 is 14.4 Å². The third kappa shape index (κ3) is 2.25. The Bertz CT molecular complexity index is 570. The number of unbranched alkanes of at least 4 members (excludes halogenated alkanes) is 1. The summed E-state index contributed by atoms with van der Waals surface area (Å²) < 4.78 is 11.5. The normalized spacial score (nSPS) is 20.1. The highest BCUT2D eigenvalue weighted by atomic mass is 35.5. The van der Waals surface area contributed by atoms with Gasteiger partial charge in [0.15, 0.2) is 0 Å². The molecular weight excluding hydrogens is 313 g/mol. The molecule has 0 aromatic heterocycles. The molecule has 1 spiro atoms. The number of ether oxygens (including phenoxy) is 2. The number of nitrogens with zero attached hydrogens (tertiary/aromatic N) is 1. The lowest BCUT2D eigenvalue weighted by molar-refractivity contribution is -0.256. The lowest BCUT2D eigenvalue weighted by atomic mass is 10.1. The Morgan fingerprint density at radius 3 is 2.67 bits per heavy atom. The molecule has 2 heterocycles. The van der Waals surface area contributed by atoms with E-state index in [1.807, 2.05) is 0 Å². The van der Waals surface area contributed by atoms with Gasteiger partial charge in [-0.15, -0.1) is 0 Å². The largest absolute Gasteiger partial charge is 0.338 e. The van der Waals surface area contributed by atoms with Crippen molar-refractivity contribution in [1.29, 1.82) is 0 Å². The Morgan fingerprint density at radius 1 is 1.29 bits per heavy atom. The van der Waals surface area contributed by atoms with Crippen LogP contribution in [0.4, 0.5) is 5.69 Å². The molecule has 0 aliphatic carbocycles. The molecule has 0 N–H and O–H groups in total. The maximum Gasteiger partial charge on any atom is 0.292 e. The smallest absolute Gasteiger partial charge is 0.292 e. The van der Waals surface area contributed by atoms with Gasteiger partial charge in [-0.05, 0) is 25.0 Å². The standard InChI is InChI=1S/C15H17Cl2NO3/c1-2-3-7-18-13-10(5-6-11(16)12(13)17)15(14(18)19)20-8-4-9-21-15/h5-6H,2-4,7-9H2,1H3. The number of carbonyl (C=O) groups is 1. The molecule has 0 unspecified atom stereocenters. The first-order valence-corrected chi connectivity index (χ1v) is 7.95. The van der Waals surface area contributed by atoms with Gasteiger partial charge in [0.25, 0.3) is 11.7 Å². The van der Waals surface area contributed by atoms with Crippen LogP contribution in [-0.2, 0) is 20.1 Å². The summed E-state index contributed by atoms with van der Waals surface area (Å²) in [5, 5.41) is 0.811. The first kappa shape index (κ1) is 15.1. The van der Waals surface area contributed by atoms with E-state index in [4.69, 9.17) is 32.7 Å². The number of amides is 1. The van der Waals surface area contributed by atoms with Crippen LogP contribution in [0.2, 0.25) is 10.0 Å². The molecule has 2 aliphatic heterocycles. The van der Waals surface area contributed by atoms with Gasteiger partial charge in [-0.1, -0.05) is 36.5 Å². The van der Waals surface area contributed by atoms with Crippen LogP contribution in [0.15, 0.2) is 12.1 Å². The number of halogens is 2. The monoisotopic (exact) mass is 329 g/mol. The first-order valence-electron chi connectivity index (χ1n) is 7.20. The molecule has 21 heavy (non-hydrogen) atoms. The molecule has 0 atom stereocenters. The fourth-order valence-electron chi connectivity index (χ4n) is 2.80. The molecule has 1 saturated heterocycles. The van der Waals surface area contributed by atoms with E-state index in [9.17, 15) is 4.79 Å². The van der Waals surface area contributed by atoms with Crippen LogP contribution in [-0.4, -0.2) is 25.7 Å². The van der Waals surface area contributed by atoms with Gasteiger partial charge in [0.1, 0.15) is 0 Å². The number of fused-ring (bicyclic) bond motifs is 2. The Kier molecular flexibility index (Phi) is 4.14. The van der Waals surface area contributed by atoms with Crippen molar-refractivity contribution >= 4 is 34.8 Å². The zero-order chi connectivity index (χ0) is 15.0. The summed E-state index contributed by atoms with van der Waals surface area (Å²) in [4.78, 5) is 14.5. The summed E-state index contributed by atoms with van der Waals surface area (Å²) >= 11 is 12.5. The van der Waals surface area contributed by atoms with Gasteiger partial charge in [0, 0.05) is 12.1 Å². The highest BCUT2D eigenvalue weighted by Gasteiger charge is 2.55. The summed E-state index contributed by atoms with van der Waals surface area (Å²) in [5.74, 6) is -1.54. The summed E-state index contributed by atoms with van der Waals surface area (Å²) in [6, 6.07) is 3.46. The molecule has 0 bridgehead atoms. The average Bonchev–Trinajstić information content (AvgIpc) is 2.72.